The van der Waals surface area contributed by atoms with E-state index in [0.717, 1.165) is 11.3 Å². The van der Waals surface area contributed by atoms with E-state index in [1.807, 2.05) is 19.1 Å². The highest BCUT2D eigenvalue weighted by Crippen LogP contribution is 2.29. The Hall–Kier alpha value is -1.73. The summed E-state index contributed by atoms with van der Waals surface area (Å²) in [7, 11) is -1.00. The molecule has 0 bridgehead atoms. The van der Waals surface area contributed by atoms with Crippen molar-refractivity contribution in [2.45, 2.75) is 6.92 Å². The van der Waals surface area contributed by atoms with Crippen LogP contribution in [0, 0.1) is 6.92 Å². The maximum Gasteiger partial charge on any atom is 0.299 e. The fourth-order valence-corrected chi connectivity index (χ4v) is 1.60. The molecule has 1 aromatic rings. The van der Waals surface area contributed by atoms with Crippen molar-refractivity contribution in [1.82, 2.24) is 0 Å². The minimum atomic E-state index is -2.62. The van der Waals surface area contributed by atoms with Crippen LogP contribution in [0.1, 0.15) is 15.9 Å². The molecule has 1 aliphatic rings. The zero-order valence-electron chi connectivity index (χ0n) is 9.34. The SMILES string of the molecule is Cc1cccc2c1C(=O)C(=O)N2C.N[SH](=O)=O. The van der Waals surface area contributed by atoms with Gasteiger partial charge in [0, 0.05) is 7.05 Å². The Balaban J connectivity index is 0.000000317. The molecule has 1 amide bonds. The van der Waals surface area contributed by atoms with Gasteiger partial charge in [0.15, 0.2) is 10.9 Å². The molecule has 0 aliphatic carbocycles. The average Bonchev–Trinajstić information content (AvgIpc) is 2.44. The lowest BCUT2D eigenvalue weighted by Gasteiger charge is -2.08. The lowest BCUT2D eigenvalue weighted by molar-refractivity contribution is -0.114. The number of hydrogen-bond acceptors (Lipinski definition) is 4. The number of carbonyl (C=O) groups excluding carboxylic acids is 2. The first-order valence-electron chi connectivity index (χ1n) is 4.67. The molecule has 92 valence electrons. The number of benzene rings is 1. The molecule has 1 heterocycles. The van der Waals surface area contributed by atoms with Gasteiger partial charge in [-0.1, -0.05) is 12.1 Å². The summed E-state index contributed by atoms with van der Waals surface area (Å²) in [6.07, 6.45) is 0. The molecule has 0 spiro atoms. The fraction of sp³-hybridized carbons (Fsp3) is 0.200. The summed E-state index contributed by atoms with van der Waals surface area (Å²) < 4.78 is 17.6. The summed E-state index contributed by atoms with van der Waals surface area (Å²) in [5.74, 6) is -0.833. The van der Waals surface area contributed by atoms with Gasteiger partial charge < -0.3 is 4.90 Å². The Kier molecular flexibility index (Phi) is 3.97. The van der Waals surface area contributed by atoms with Crippen molar-refractivity contribution in [2.75, 3.05) is 11.9 Å². The van der Waals surface area contributed by atoms with Crippen LogP contribution in [0.4, 0.5) is 5.69 Å². The van der Waals surface area contributed by atoms with Gasteiger partial charge in [0.25, 0.3) is 11.7 Å². The van der Waals surface area contributed by atoms with Gasteiger partial charge in [-0.2, -0.15) is 0 Å². The highest BCUT2D eigenvalue weighted by atomic mass is 32.2. The summed E-state index contributed by atoms with van der Waals surface area (Å²) in [5, 5.41) is 4.06. The molecule has 0 atom stereocenters. The number of Topliss-reactive ketones (excluding diaryl/α,β-unsaturated/α-hetero) is 1. The number of likely N-dealkylation sites (N-methyl/N-ethyl adjacent to an activating group) is 1. The first-order valence-corrected chi connectivity index (χ1v) is 5.92. The summed E-state index contributed by atoms with van der Waals surface area (Å²) >= 11 is 0. The number of aryl methyl sites for hydroxylation is 1. The first-order chi connectivity index (χ1) is 7.86. The monoisotopic (exact) mass is 256 g/mol. The molecule has 1 aliphatic heterocycles. The van der Waals surface area contributed by atoms with E-state index in [-0.39, 0.29) is 0 Å². The number of nitrogens with two attached hydrogens (primary N) is 1. The molecule has 7 heteroatoms. The number of carbonyl (C=O) groups is 2. The van der Waals surface area contributed by atoms with Crippen LogP contribution < -0.4 is 10.0 Å². The van der Waals surface area contributed by atoms with Crippen LogP contribution in [-0.2, 0) is 15.7 Å². The van der Waals surface area contributed by atoms with Gasteiger partial charge >= 0.3 is 0 Å². The van der Waals surface area contributed by atoms with E-state index in [4.69, 9.17) is 8.42 Å². The number of fused-ring (bicyclic) bond motifs is 1. The van der Waals surface area contributed by atoms with Gasteiger partial charge in [-0.05, 0) is 18.6 Å². The number of anilines is 1. The summed E-state index contributed by atoms with van der Waals surface area (Å²) in [6, 6.07) is 5.46. The molecular weight excluding hydrogens is 244 g/mol. The standard InChI is InChI=1S/C10H9NO2.H3NO2S/c1-6-4-3-5-7-8(6)9(12)10(13)11(7)2;1-4(2)3/h3-5H,1-2H3;4H,(H2,1,2,3). The minimum Gasteiger partial charge on any atom is -0.308 e. The van der Waals surface area contributed by atoms with Crippen LogP contribution in [0.5, 0.6) is 0 Å². The van der Waals surface area contributed by atoms with Crippen molar-refractivity contribution in [1.29, 1.82) is 0 Å². The number of ketones is 1. The quantitative estimate of drug-likeness (QED) is 0.488. The van der Waals surface area contributed by atoms with E-state index in [1.165, 1.54) is 4.90 Å². The molecule has 0 fully saturated rings. The average molecular weight is 256 g/mol. The van der Waals surface area contributed by atoms with Gasteiger partial charge in [0.05, 0.1) is 11.3 Å². The second kappa shape index (κ2) is 5.07. The van der Waals surface area contributed by atoms with E-state index in [1.54, 1.807) is 13.1 Å². The van der Waals surface area contributed by atoms with Crippen molar-refractivity contribution >= 4 is 28.3 Å². The zero-order chi connectivity index (χ0) is 13.2. The molecule has 0 unspecified atom stereocenters. The summed E-state index contributed by atoms with van der Waals surface area (Å²) in [5.41, 5.74) is 2.13. The van der Waals surface area contributed by atoms with Crippen molar-refractivity contribution in [3.8, 4) is 0 Å². The predicted molar refractivity (Wildman–Crippen MR) is 63.4 cm³/mol. The predicted octanol–water partition coefficient (Wildman–Crippen LogP) is -0.374. The van der Waals surface area contributed by atoms with Gasteiger partial charge in [-0.25, -0.2) is 13.6 Å². The Bertz CT molecular complexity index is 543. The van der Waals surface area contributed by atoms with Crippen molar-refractivity contribution in [2.24, 2.45) is 5.14 Å². The molecule has 6 nitrogen and oxygen atoms in total. The number of thiol groups is 1. The van der Waals surface area contributed by atoms with E-state index in [9.17, 15) is 9.59 Å². The largest absolute Gasteiger partial charge is 0.308 e. The molecular formula is C10H12N2O4S. The minimum absolute atomic E-state index is 0.393. The Labute approximate surface area is 100 Å². The number of nitrogens with zero attached hydrogens (tertiary/aromatic N) is 1. The molecule has 0 aromatic heterocycles. The second-order valence-electron chi connectivity index (χ2n) is 3.45. The fourth-order valence-electron chi connectivity index (χ4n) is 1.60. The van der Waals surface area contributed by atoms with E-state index >= 15 is 0 Å². The molecule has 2 N–H and O–H groups in total. The molecule has 0 saturated heterocycles. The highest BCUT2D eigenvalue weighted by Gasteiger charge is 2.33. The van der Waals surface area contributed by atoms with Gasteiger partial charge in [-0.15, -0.1) is 0 Å². The first kappa shape index (κ1) is 13.3. The molecule has 2 rings (SSSR count). The van der Waals surface area contributed by atoms with Gasteiger partial charge in [0.1, 0.15) is 0 Å². The van der Waals surface area contributed by atoms with Crippen molar-refractivity contribution in [3.63, 3.8) is 0 Å². The van der Waals surface area contributed by atoms with Crippen molar-refractivity contribution < 1.29 is 18.0 Å². The summed E-state index contributed by atoms with van der Waals surface area (Å²) in [4.78, 5) is 24.1. The second-order valence-corrected chi connectivity index (χ2v) is 4.02. The third-order valence-corrected chi connectivity index (χ3v) is 2.34. The molecule has 1 aromatic carbocycles. The van der Waals surface area contributed by atoms with E-state index in [0.29, 0.717) is 5.56 Å². The highest BCUT2D eigenvalue weighted by molar-refractivity contribution is 7.69. The van der Waals surface area contributed by atoms with Crippen LogP contribution in [0.25, 0.3) is 0 Å². The van der Waals surface area contributed by atoms with E-state index < -0.39 is 22.6 Å². The number of amides is 1. The van der Waals surface area contributed by atoms with Crippen LogP contribution in [0.15, 0.2) is 18.2 Å². The third-order valence-electron chi connectivity index (χ3n) is 2.34. The lowest BCUT2D eigenvalue weighted by Crippen LogP contribution is -2.24. The molecule has 0 radical (unpaired) electrons. The maximum absolute atomic E-state index is 11.4. The molecule has 0 saturated carbocycles. The van der Waals surface area contributed by atoms with Crippen LogP contribution in [-0.4, -0.2) is 27.2 Å². The van der Waals surface area contributed by atoms with Gasteiger partial charge in [0.2, 0.25) is 0 Å². The molecule has 17 heavy (non-hydrogen) atoms. The van der Waals surface area contributed by atoms with Gasteiger partial charge in [-0.3, -0.25) is 9.59 Å². The number of rotatable bonds is 0. The normalized spacial score (nSPS) is 13.5. The van der Waals surface area contributed by atoms with Crippen LogP contribution >= 0.6 is 0 Å². The topological polar surface area (TPSA) is 97.5 Å². The Morgan fingerprint density at radius 1 is 1.24 bits per heavy atom. The maximum atomic E-state index is 11.4. The third kappa shape index (κ3) is 2.69. The Morgan fingerprint density at radius 2 is 1.76 bits per heavy atom. The van der Waals surface area contributed by atoms with Crippen LogP contribution in [0.3, 0.4) is 0 Å². The Morgan fingerprint density at radius 3 is 2.24 bits per heavy atom. The lowest BCUT2D eigenvalue weighted by atomic mass is 10.1. The van der Waals surface area contributed by atoms with Crippen molar-refractivity contribution in [3.05, 3.63) is 29.3 Å². The van der Waals surface area contributed by atoms with Crippen LogP contribution in [0.2, 0.25) is 0 Å². The number of hydrogen-bond donors (Lipinski definition) is 2. The summed E-state index contributed by atoms with van der Waals surface area (Å²) in [6.45, 7) is 1.84. The van der Waals surface area contributed by atoms with E-state index in [2.05, 4.69) is 5.14 Å². The smallest absolute Gasteiger partial charge is 0.299 e. The zero-order valence-corrected chi connectivity index (χ0v) is 10.2.